The standard InChI is InChI=1S/C21H24Cl2N6OS/c1-4-28(5-2)16-9-7-14(8-10-16)20-26-27-21(29(20)6-3)31-13-18(30)25-19-17(23)11-15(22)12-24-19/h7-12H,4-6,13H2,1-3H3,(H,24,25,30). The molecule has 0 aliphatic carbocycles. The number of benzene rings is 1. The van der Waals surface area contributed by atoms with Crippen molar-refractivity contribution < 1.29 is 4.79 Å². The van der Waals surface area contributed by atoms with Crippen LogP contribution in [-0.4, -0.2) is 44.5 Å². The molecule has 3 aromatic rings. The van der Waals surface area contributed by atoms with Crippen molar-refractivity contribution in [3.63, 3.8) is 0 Å². The zero-order valence-corrected chi connectivity index (χ0v) is 19.9. The second kappa shape index (κ2) is 10.8. The van der Waals surface area contributed by atoms with Gasteiger partial charge in [0, 0.05) is 37.1 Å². The molecule has 0 saturated carbocycles. The van der Waals surface area contributed by atoms with E-state index in [0.29, 0.717) is 16.7 Å². The first-order valence-electron chi connectivity index (χ1n) is 9.99. The van der Waals surface area contributed by atoms with Gasteiger partial charge in [-0.2, -0.15) is 0 Å². The third kappa shape index (κ3) is 5.70. The van der Waals surface area contributed by atoms with Crippen molar-refractivity contribution in [3.8, 4) is 11.4 Å². The van der Waals surface area contributed by atoms with Crippen LogP contribution in [0.5, 0.6) is 0 Å². The number of amides is 1. The van der Waals surface area contributed by atoms with E-state index >= 15 is 0 Å². The molecule has 164 valence electrons. The summed E-state index contributed by atoms with van der Waals surface area (Å²) in [7, 11) is 0. The summed E-state index contributed by atoms with van der Waals surface area (Å²) in [5, 5.41) is 12.7. The minimum atomic E-state index is -0.238. The lowest BCUT2D eigenvalue weighted by atomic mass is 10.2. The molecule has 3 rings (SSSR count). The van der Waals surface area contributed by atoms with Crippen molar-refractivity contribution in [3.05, 3.63) is 46.6 Å². The molecule has 1 aromatic carbocycles. The smallest absolute Gasteiger partial charge is 0.236 e. The number of carbonyl (C=O) groups excluding carboxylic acids is 1. The van der Waals surface area contributed by atoms with Gasteiger partial charge in [-0.25, -0.2) is 4.98 Å². The highest BCUT2D eigenvalue weighted by molar-refractivity contribution is 7.99. The summed E-state index contributed by atoms with van der Waals surface area (Å²) in [6.45, 7) is 8.91. The average molecular weight is 479 g/mol. The molecule has 1 N–H and O–H groups in total. The second-order valence-corrected chi connectivity index (χ2v) is 8.38. The van der Waals surface area contributed by atoms with E-state index in [9.17, 15) is 4.79 Å². The molecule has 2 aromatic heterocycles. The SMILES string of the molecule is CCN(CC)c1ccc(-c2nnc(SCC(=O)Nc3ncc(Cl)cc3Cl)n2CC)cc1. The Morgan fingerprint density at radius 1 is 1.13 bits per heavy atom. The van der Waals surface area contributed by atoms with Crippen molar-refractivity contribution in [2.45, 2.75) is 32.5 Å². The lowest BCUT2D eigenvalue weighted by Gasteiger charge is -2.21. The molecular weight excluding hydrogens is 455 g/mol. The molecule has 10 heteroatoms. The number of hydrogen-bond donors (Lipinski definition) is 1. The minimum Gasteiger partial charge on any atom is -0.372 e. The van der Waals surface area contributed by atoms with E-state index in [0.717, 1.165) is 24.5 Å². The van der Waals surface area contributed by atoms with Gasteiger partial charge in [-0.1, -0.05) is 35.0 Å². The monoisotopic (exact) mass is 478 g/mol. The highest BCUT2D eigenvalue weighted by Crippen LogP contribution is 2.27. The molecule has 0 unspecified atom stereocenters. The van der Waals surface area contributed by atoms with Crippen LogP contribution in [0.15, 0.2) is 41.7 Å². The van der Waals surface area contributed by atoms with Crippen molar-refractivity contribution in [1.82, 2.24) is 19.7 Å². The van der Waals surface area contributed by atoms with Crippen molar-refractivity contribution in [2.75, 3.05) is 29.1 Å². The normalized spacial score (nSPS) is 10.9. The van der Waals surface area contributed by atoms with E-state index in [4.69, 9.17) is 23.2 Å². The van der Waals surface area contributed by atoms with Gasteiger partial charge >= 0.3 is 0 Å². The van der Waals surface area contributed by atoms with Gasteiger partial charge in [0.2, 0.25) is 5.91 Å². The molecule has 7 nitrogen and oxygen atoms in total. The van der Waals surface area contributed by atoms with Crippen LogP contribution < -0.4 is 10.2 Å². The number of hydrogen-bond acceptors (Lipinski definition) is 6. The van der Waals surface area contributed by atoms with E-state index in [1.165, 1.54) is 29.7 Å². The molecule has 0 aliphatic heterocycles. The maximum absolute atomic E-state index is 12.3. The molecule has 0 spiro atoms. The fraction of sp³-hybridized carbons (Fsp3) is 0.333. The Morgan fingerprint density at radius 3 is 2.45 bits per heavy atom. The molecule has 0 bridgehead atoms. The summed E-state index contributed by atoms with van der Waals surface area (Å²) in [4.78, 5) is 18.7. The lowest BCUT2D eigenvalue weighted by Crippen LogP contribution is -2.21. The molecule has 0 atom stereocenters. The second-order valence-electron chi connectivity index (χ2n) is 6.59. The van der Waals surface area contributed by atoms with Crippen LogP contribution in [0, 0.1) is 0 Å². The van der Waals surface area contributed by atoms with E-state index < -0.39 is 0 Å². The quantitative estimate of drug-likeness (QED) is 0.423. The predicted octanol–water partition coefficient (Wildman–Crippen LogP) is 5.24. The summed E-state index contributed by atoms with van der Waals surface area (Å²) in [6, 6.07) is 9.84. The lowest BCUT2D eigenvalue weighted by molar-refractivity contribution is -0.113. The maximum Gasteiger partial charge on any atom is 0.236 e. The van der Waals surface area contributed by atoms with Gasteiger partial charge in [-0.15, -0.1) is 10.2 Å². The fourth-order valence-corrected chi connectivity index (χ4v) is 4.34. The highest BCUT2D eigenvalue weighted by atomic mass is 35.5. The average Bonchev–Trinajstić information content (AvgIpc) is 3.18. The number of rotatable bonds is 9. The first-order chi connectivity index (χ1) is 15.0. The number of pyridine rings is 1. The number of nitrogens with zero attached hydrogens (tertiary/aromatic N) is 5. The van der Waals surface area contributed by atoms with Crippen LogP contribution in [0.4, 0.5) is 11.5 Å². The number of carbonyl (C=O) groups is 1. The summed E-state index contributed by atoms with van der Waals surface area (Å²) < 4.78 is 2.00. The minimum absolute atomic E-state index is 0.152. The van der Waals surface area contributed by atoms with Gasteiger partial charge in [0.25, 0.3) is 0 Å². The maximum atomic E-state index is 12.3. The third-order valence-corrected chi connectivity index (χ3v) is 6.15. The van der Waals surface area contributed by atoms with Gasteiger partial charge in [0.05, 0.1) is 15.8 Å². The largest absolute Gasteiger partial charge is 0.372 e. The summed E-state index contributed by atoms with van der Waals surface area (Å²) >= 11 is 13.2. The highest BCUT2D eigenvalue weighted by Gasteiger charge is 2.16. The zero-order valence-electron chi connectivity index (χ0n) is 17.6. The van der Waals surface area contributed by atoms with Crippen LogP contribution in [-0.2, 0) is 11.3 Å². The number of aromatic nitrogens is 4. The van der Waals surface area contributed by atoms with Crippen molar-refractivity contribution >= 4 is 52.4 Å². The Kier molecular flexibility index (Phi) is 8.17. The predicted molar refractivity (Wildman–Crippen MR) is 128 cm³/mol. The van der Waals surface area contributed by atoms with Gasteiger partial charge < -0.3 is 14.8 Å². The van der Waals surface area contributed by atoms with E-state index in [2.05, 4.69) is 63.5 Å². The van der Waals surface area contributed by atoms with Crippen LogP contribution in [0.3, 0.4) is 0 Å². The van der Waals surface area contributed by atoms with E-state index in [1.54, 1.807) is 0 Å². The summed E-state index contributed by atoms with van der Waals surface area (Å²) in [5.74, 6) is 0.971. The molecule has 0 radical (unpaired) electrons. The Morgan fingerprint density at radius 2 is 1.84 bits per heavy atom. The molecule has 1 amide bonds. The van der Waals surface area contributed by atoms with Crippen molar-refractivity contribution in [2.24, 2.45) is 0 Å². The third-order valence-electron chi connectivity index (χ3n) is 4.69. The molecule has 2 heterocycles. The first-order valence-corrected chi connectivity index (χ1v) is 11.7. The number of nitrogens with one attached hydrogen (secondary N) is 1. The van der Waals surface area contributed by atoms with Crippen LogP contribution in [0.2, 0.25) is 10.0 Å². The van der Waals surface area contributed by atoms with Crippen LogP contribution in [0.25, 0.3) is 11.4 Å². The van der Waals surface area contributed by atoms with Gasteiger partial charge in [-0.3, -0.25) is 4.79 Å². The van der Waals surface area contributed by atoms with Gasteiger partial charge in [-0.05, 0) is 51.1 Å². The Labute approximate surface area is 196 Å². The van der Waals surface area contributed by atoms with Gasteiger partial charge in [0.1, 0.15) is 0 Å². The number of anilines is 2. The number of halogens is 2. The van der Waals surface area contributed by atoms with E-state index in [-0.39, 0.29) is 22.5 Å². The van der Waals surface area contributed by atoms with Gasteiger partial charge in [0.15, 0.2) is 16.8 Å². The van der Waals surface area contributed by atoms with Crippen LogP contribution >= 0.6 is 35.0 Å². The summed E-state index contributed by atoms with van der Waals surface area (Å²) in [6.07, 6.45) is 1.43. The van der Waals surface area contributed by atoms with Crippen molar-refractivity contribution in [1.29, 1.82) is 0 Å². The molecule has 0 fully saturated rings. The fourth-order valence-electron chi connectivity index (χ4n) is 3.11. The van der Waals surface area contributed by atoms with Crippen LogP contribution in [0.1, 0.15) is 20.8 Å². The Bertz CT molecular complexity index is 1040. The molecule has 0 saturated heterocycles. The Hall–Kier alpha value is -2.29. The molecular formula is C21H24Cl2N6OS. The number of thioether (sulfide) groups is 1. The zero-order chi connectivity index (χ0) is 22.4. The topological polar surface area (TPSA) is 75.9 Å². The summed E-state index contributed by atoms with van der Waals surface area (Å²) in [5.41, 5.74) is 2.16. The molecule has 31 heavy (non-hydrogen) atoms. The van der Waals surface area contributed by atoms with E-state index in [1.807, 2.05) is 11.5 Å². The Balaban J connectivity index is 1.69. The molecule has 0 aliphatic rings. The first kappa shape index (κ1) is 23.4.